The van der Waals surface area contributed by atoms with E-state index in [4.69, 9.17) is 4.42 Å². The molecule has 1 aromatic heterocycles. The molecule has 0 fully saturated rings. The van der Waals surface area contributed by atoms with Crippen LogP contribution in [0.2, 0.25) is 0 Å². The molecule has 2 aromatic rings. The van der Waals surface area contributed by atoms with E-state index >= 15 is 0 Å². The van der Waals surface area contributed by atoms with Crippen LogP contribution in [0.5, 0.6) is 0 Å². The van der Waals surface area contributed by atoms with Gasteiger partial charge in [0.25, 0.3) is 0 Å². The number of hydrogen-bond acceptors (Lipinski definition) is 2. The number of nitrogens with one attached hydrogen (secondary N) is 1. The van der Waals surface area contributed by atoms with Gasteiger partial charge in [-0.2, -0.15) is 0 Å². The lowest BCUT2D eigenvalue weighted by atomic mass is 9.97. The van der Waals surface area contributed by atoms with Gasteiger partial charge in [0, 0.05) is 24.0 Å². The maximum absolute atomic E-state index is 5.57. The lowest BCUT2D eigenvalue weighted by molar-refractivity contribution is 0.601. The highest BCUT2D eigenvalue weighted by atomic mass is 16.3. The molecular weight excluding hydrogens is 198 g/mol. The average Bonchev–Trinajstić information content (AvgIpc) is 2.72. The molecule has 0 radical (unpaired) electrons. The SMILES string of the molecule is C[C@@H]1C=C(c2coc3ccccc23)CNC1. The van der Waals surface area contributed by atoms with Crippen molar-refractivity contribution in [3.63, 3.8) is 0 Å². The first-order chi connectivity index (χ1) is 7.84. The Hall–Kier alpha value is -1.54. The van der Waals surface area contributed by atoms with Crippen LogP contribution in [0.15, 0.2) is 41.0 Å². The Morgan fingerprint density at radius 1 is 1.31 bits per heavy atom. The van der Waals surface area contributed by atoms with Crippen molar-refractivity contribution in [1.82, 2.24) is 5.32 Å². The largest absolute Gasteiger partial charge is 0.464 e. The minimum atomic E-state index is 0.595. The highest BCUT2D eigenvalue weighted by Crippen LogP contribution is 2.28. The molecule has 1 aliphatic heterocycles. The molecule has 2 nitrogen and oxygen atoms in total. The molecular formula is C14H15NO. The lowest BCUT2D eigenvalue weighted by Gasteiger charge is -2.18. The summed E-state index contributed by atoms with van der Waals surface area (Å²) in [6, 6.07) is 8.20. The van der Waals surface area contributed by atoms with Gasteiger partial charge in [-0.1, -0.05) is 31.2 Å². The van der Waals surface area contributed by atoms with Gasteiger partial charge in [0.1, 0.15) is 5.58 Å². The van der Waals surface area contributed by atoms with E-state index in [1.54, 1.807) is 0 Å². The molecule has 1 aliphatic rings. The first kappa shape index (κ1) is 9.67. The zero-order valence-corrected chi connectivity index (χ0v) is 9.36. The van der Waals surface area contributed by atoms with Crippen LogP contribution in [0.25, 0.3) is 16.5 Å². The van der Waals surface area contributed by atoms with E-state index in [0.29, 0.717) is 5.92 Å². The van der Waals surface area contributed by atoms with E-state index in [-0.39, 0.29) is 0 Å². The second-order valence-electron chi connectivity index (χ2n) is 4.45. The average molecular weight is 213 g/mol. The normalized spacial score (nSPS) is 21.1. The fourth-order valence-corrected chi connectivity index (χ4v) is 2.31. The highest BCUT2D eigenvalue weighted by molar-refractivity contribution is 5.91. The molecule has 0 unspecified atom stereocenters. The minimum absolute atomic E-state index is 0.595. The second-order valence-corrected chi connectivity index (χ2v) is 4.45. The fourth-order valence-electron chi connectivity index (χ4n) is 2.31. The number of hydrogen-bond donors (Lipinski definition) is 1. The van der Waals surface area contributed by atoms with Gasteiger partial charge in [0.2, 0.25) is 0 Å². The van der Waals surface area contributed by atoms with Gasteiger partial charge in [0.05, 0.1) is 6.26 Å². The summed E-state index contributed by atoms with van der Waals surface area (Å²) in [5.74, 6) is 0.595. The van der Waals surface area contributed by atoms with Crippen molar-refractivity contribution in [3.05, 3.63) is 42.2 Å². The Balaban J connectivity index is 2.12. The molecule has 2 heteroatoms. The number of para-hydroxylation sites is 1. The minimum Gasteiger partial charge on any atom is -0.464 e. The van der Waals surface area contributed by atoms with Gasteiger partial charge in [-0.15, -0.1) is 0 Å². The van der Waals surface area contributed by atoms with Crippen molar-refractivity contribution in [2.24, 2.45) is 5.92 Å². The molecule has 2 heterocycles. The molecule has 82 valence electrons. The number of rotatable bonds is 1. The molecule has 1 aromatic carbocycles. The maximum Gasteiger partial charge on any atom is 0.134 e. The molecule has 16 heavy (non-hydrogen) atoms. The topological polar surface area (TPSA) is 25.2 Å². The smallest absolute Gasteiger partial charge is 0.134 e. The molecule has 0 saturated heterocycles. The standard InChI is InChI=1S/C14H15NO/c1-10-6-11(8-15-7-10)13-9-16-14-5-3-2-4-12(13)14/h2-6,9-10,15H,7-8H2,1H3/t10-/m1/s1. The van der Waals surface area contributed by atoms with Crippen LogP contribution in [0.4, 0.5) is 0 Å². The monoisotopic (exact) mass is 213 g/mol. The molecule has 3 rings (SSSR count). The summed E-state index contributed by atoms with van der Waals surface area (Å²) in [6.45, 7) is 4.24. The maximum atomic E-state index is 5.57. The quantitative estimate of drug-likeness (QED) is 0.787. The van der Waals surface area contributed by atoms with Crippen molar-refractivity contribution in [3.8, 4) is 0 Å². The Bertz CT molecular complexity index is 538. The number of fused-ring (bicyclic) bond motifs is 1. The van der Waals surface area contributed by atoms with Crippen LogP contribution >= 0.6 is 0 Å². The number of benzene rings is 1. The predicted molar refractivity (Wildman–Crippen MR) is 66.2 cm³/mol. The van der Waals surface area contributed by atoms with E-state index in [1.165, 1.54) is 16.5 Å². The van der Waals surface area contributed by atoms with Crippen molar-refractivity contribution in [2.45, 2.75) is 6.92 Å². The summed E-state index contributed by atoms with van der Waals surface area (Å²) in [7, 11) is 0. The van der Waals surface area contributed by atoms with Gasteiger partial charge in [-0.3, -0.25) is 0 Å². The van der Waals surface area contributed by atoms with Crippen LogP contribution in [-0.4, -0.2) is 13.1 Å². The third-order valence-corrected chi connectivity index (χ3v) is 3.09. The number of furan rings is 1. The van der Waals surface area contributed by atoms with Crippen molar-refractivity contribution in [1.29, 1.82) is 0 Å². The lowest BCUT2D eigenvalue weighted by Crippen LogP contribution is -2.26. The van der Waals surface area contributed by atoms with E-state index < -0.39 is 0 Å². The second kappa shape index (κ2) is 3.80. The molecule has 0 spiro atoms. The van der Waals surface area contributed by atoms with Gasteiger partial charge < -0.3 is 9.73 Å². The van der Waals surface area contributed by atoms with E-state index in [9.17, 15) is 0 Å². The molecule has 0 saturated carbocycles. The molecule has 1 atom stereocenters. The molecule has 0 bridgehead atoms. The van der Waals surface area contributed by atoms with Crippen molar-refractivity contribution in [2.75, 3.05) is 13.1 Å². The Labute approximate surface area is 95.0 Å². The van der Waals surface area contributed by atoms with Gasteiger partial charge in [0.15, 0.2) is 0 Å². The van der Waals surface area contributed by atoms with Gasteiger partial charge in [-0.05, 0) is 17.6 Å². The molecule has 0 amide bonds. The van der Waals surface area contributed by atoms with Gasteiger partial charge >= 0.3 is 0 Å². The first-order valence-corrected chi connectivity index (χ1v) is 5.72. The zero-order valence-electron chi connectivity index (χ0n) is 9.36. The Morgan fingerprint density at radius 2 is 2.19 bits per heavy atom. The third kappa shape index (κ3) is 1.55. The fraction of sp³-hybridized carbons (Fsp3) is 0.286. The van der Waals surface area contributed by atoms with Crippen molar-refractivity contribution < 1.29 is 4.42 Å². The molecule has 1 N–H and O–H groups in total. The van der Waals surface area contributed by atoms with Crippen LogP contribution in [0, 0.1) is 5.92 Å². The third-order valence-electron chi connectivity index (χ3n) is 3.09. The van der Waals surface area contributed by atoms with Crippen LogP contribution < -0.4 is 5.32 Å². The summed E-state index contributed by atoms with van der Waals surface area (Å²) in [5.41, 5.74) is 3.55. The highest BCUT2D eigenvalue weighted by Gasteiger charge is 2.14. The van der Waals surface area contributed by atoms with E-state index in [2.05, 4.69) is 30.4 Å². The molecule has 0 aliphatic carbocycles. The van der Waals surface area contributed by atoms with E-state index in [1.807, 2.05) is 18.4 Å². The first-order valence-electron chi connectivity index (χ1n) is 5.72. The van der Waals surface area contributed by atoms with Crippen molar-refractivity contribution >= 4 is 16.5 Å². The predicted octanol–water partition coefficient (Wildman–Crippen LogP) is 3.06. The van der Waals surface area contributed by atoms with Crippen LogP contribution in [0.3, 0.4) is 0 Å². The summed E-state index contributed by atoms with van der Waals surface area (Å²) >= 11 is 0. The van der Waals surface area contributed by atoms with Crippen LogP contribution in [-0.2, 0) is 0 Å². The Kier molecular flexibility index (Phi) is 2.29. The summed E-state index contributed by atoms with van der Waals surface area (Å²) < 4.78 is 5.57. The van der Waals surface area contributed by atoms with E-state index in [0.717, 1.165) is 18.7 Å². The van der Waals surface area contributed by atoms with Crippen LogP contribution in [0.1, 0.15) is 12.5 Å². The summed E-state index contributed by atoms with van der Waals surface area (Å²) in [6.07, 6.45) is 4.21. The van der Waals surface area contributed by atoms with Gasteiger partial charge in [-0.25, -0.2) is 0 Å². The Morgan fingerprint density at radius 3 is 3.06 bits per heavy atom. The summed E-state index contributed by atoms with van der Waals surface area (Å²) in [4.78, 5) is 0. The summed E-state index contributed by atoms with van der Waals surface area (Å²) in [5, 5.41) is 4.64. The zero-order chi connectivity index (χ0) is 11.0.